The van der Waals surface area contributed by atoms with Crippen molar-refractivity contribution in [3.8, 4) is 5.75 Å². The molecule has 4 atom stereocenters. The van der Waals surface area contributed by atoms with E-state index in [1.807, 2.05) is 12.1 Å². The van der Waals surface area contributed by atoms with Gasteiger partial charge in [0.15, 0.2) is 0 Å². The monoisotopic (exact) mass is 650 g/mol. The summed E-state index contributed by atoms with van der Waals surface area (Å²) in [5, 5.41) is 9.89. The summed E-state index contributed by atoms with van der Waals surface area (Å²) in [7, 11) is 0. The maximum atomic E-state index is 13.5. The number of ether oxygens (including phenoxy) is 2. The van der Waals surface area contributed by atoms with Gasteiger partial charge in [0.05, 0.1) is 12.6 Å². The standard InChI is InChI=1S/C36H50N4O7/c1-22-18-40(34(44)45)31(35(3,4)5)23(2)38(22)19-24-12-14-25(15-13-24)21-46-29-11-9-10-26-27(29)20-39(32(26)42)28(16-17-30(37)41)33(43)47-36(6,7)8/h9-15,22-23,28,31H,16-21H2,1-8H3,(H2,37,41)(H,44,45)/t22-,23+,28?,31?/m0/s1. The van der Waals surface area contributed by atoms with Crippen molar-refractivity contribution >= 4 is 23.9 Å². The number of rotatable bonds is 10. The van der Waals surface area contributed by atoms with Crippen LogP contribution in [0.25, 0.3) is 0 Å². The Morgan fingerprint density at radius 2 is 1.64 bits per heavy atom. The first-order valence-corrected chi connectivity index (χ1v) is 16.3. The second-order valence-electron chi connectivity index (χ2n) is 14.9. The number of nitrogens with two attached hydrogens (primary N) is 1. The van der Waals surface area contributed by atoms with Gasteiger partial charge in [0.25, 0.3) is 5.91 Å². The summed E-state index contributed by atoms with van der Waals surface area (Å²) in [6.07, 6.45) is -0.868. The van der Waals surface area contributed by atoms with Gasteiger partial charge in [0.1, 0.15) is 24.0 Å². The van der Waals surface area contributed by atoms with Crippen molar-refractivity contribution in [3.63, 3.8) is 0 Å². The van der Waals surface area contributed by atoms with Gasteiger partial charge in [-0.15, -0.1) is 0 Å². The molecule has 2 unspecified atom stereocenters. The third-order valence-corrected chi connectivity index (χ3v) is 8.93. The van der Waals surface area contributed by atoms with Crippen molar-refractivity contribution in [1.82, 2.24) is 14.7 Å². The first kappa shape index (κ1) is 35.7. The fraction of sp³-hybridized carbons (Fsp3) is 0.556. The van der Waals surface area contributed by atoms with E-state index in [1.54, 1.807) is 43.9 Å². The highest BCUT2D eigenvalue weighted by atomic mass is 16.6. The molecular weight excluding hydrogens is 600 g/mol. The highest BCUT2D eigenvalue weighted by Gasteiger charge is 2.45. The predicted molar refractivity (Wildman–Crippen MR) is 178 cm³/mol. The number of carbonyl (C=O) groups is 4. The molecule has 2 aliphatic rings. The molecule has 0 aliphatic carbocycles. The first-order valence-electron chi connectivity index (χ1n) is 16.3. The Bertz CT molecular complexity index is 1480. The number of carbonyl (C=O) groups excluding carboxylic acids is 3. The van der Waals surface area contributed by atoms with E-state index in [0.717, 1.165) is 11.1 Å². The third kappa shape index (κ3) is 8.43. The predicted octanol–water partition coefficient (Wildman–Crippen LogP) is 5.18. The molecule has 0 bridgehead atoms. The number of primary amides is 1. The molecule has 1 fully saturated rings. The maximum Gasteiger partial charge on any atom is 0.407 e. The van der Waals surface area contributed by atoms with Gasteiger partial charge in [-0.25, -0.2) is 9.59 Å². The van der Waals surface area contributed by atoms with Crippen molar-refractivity contribution in [1.29, 1.82) is 0 Å². The number of fused-ring (bicyclic) bond motifs is 1. The fourth-order valence-corrected chi connectivity index (χ4v) is 6.91. The van der Waals surface area contributed by atoms with Crippen molar-refractivity contribution in [2.24, 2.45) is 11.1 Å². The molecule has 2 heterocycles. The highest BCUT2D eigenvalue weighted by Crippen LogP contribution is 2.36. The zero-order valence-corrected chi connectivity index (χ0v) is 28.9. The molecule has 4 rings (SSSR count). The van der Waals surface area contributed by atoms with Gasteiger partial charge >= 0.3 is 12.1 Å². The number of hydrogen-bond acceptors (Lipinski definition) is 7. The Hall–Kier alpha value is -4.12. The third-order valence-electron chi connectivity index (χ3n) is 8.93. The molecule has 0 saturated carbocycles. The summed E-state index contributed by atoms with van der Waals surface area (Å²) in [4.78, 5) is 55.6. The van der Waals surface area contributed by atoms with E-state index >= 15 is 0 Å². The Morgan fingerprint density at radius 3 is 2.21 bits per heavy atom. The lowest BCUT2D eigenvalue weighted by Gasteiger charge is -2.53. The van der Waals surface area contributed by atoms with Crippen LogP contribution in [0.4, 0.5) is 4.79 Å². The molecule has 0 aromatic heterocycles. The van der Waals surface area contributed by atoms with Crippen LogP contribution in [0, 0.1) is 5.41 Å². The summed E-state index contributed by atoms with van der Waals surface area (Å²) in [5.41, 5.74) is 7.60. The van der Waals surface area contributed by atoms with Crippen LogP contribution in [0.3, 0.4) is 0 Å². The lowest BCUT2D eigenvalue weighted by Crippen LogP contribution is -2.66. The molecule has 11 nitrogen and oxygen atoms in total. The van der Waals surface area contributed by atoms with Crippen LogP contribution < -0.4 is 10.5 Å². The number of amides is 3. The zero-order chi connectivity index (χ0) is 34.8. The van der Waals surface area contributed by atoms with Crippen LogP contribution in [-0.4, -0.2) is 80.0 Å². The molecule has 1 saturated heterocycles. The number of piperazine rings is 1. The van der Waals surface area contributed by atoms with Crippen LogP contribution in [0.15, 0.2) is 42.5 Å². The summed E-state index contributed by atoms with van der Waals surface area (Å²) in [5.74, 6) is -0.912. The summed E-state index contributed by atoms with van der Waals surface area (Å²) >= 11 is 0. The van der Waals surface area contributed by atoms with Crippen molar-refractivity contribution in [2.45, 2.75) is 118 Å². The Balaban J connectivity index is 1.44. The number of benzene rings is 2. The largest absolute Gasteiger partial charge is 0.489 e. The lowest BCUT2D eigenvalue weighted by atomic mass is 9.79. The molecule has 3 amide bonds. The molecule has 3 N–H and O–H groups in total. The topological polar surface area (TPSA) is 143 Å². The Labute approximate surface area is 278 Å². The van der Waals surface area contributed by atoms with Crippen LogP contribution in [0.2, 0.25) is 0 Å². The van der Waals surface area contributed by atoms with Crippen molar-refractivity contribution in [3.05, 3.63) is 64.7 Å². The molecule has 2 aliphatic heterocycles. The quantitative estimate of drug-likeness (QED) is 0.335. The lowest BCUT2D eigenvalue weighted by molar-refractivity contribution is -0.160. The average Bonchev–Trinajstić information content (AvgIpc) is 3.29. The smallest absolute Gasteiger partial charge is 0.407 e. The molecule has 47 heavy (non-hydrogen) atoms. The minimum absolute atomic E-state index is 0.0334. The van der Waals surface area contributed by atoms with E-state index in [0.29, 0.717) is 30.0 Å². The minimum atomic E-state index is -0.960. The van der Waals surface area contributed by atoms with Crippen molar-refractivity contribution in [2.75, 3.05) is 6.54 Å². The molecule has 256 valence electrons. The summed E-state index contributed by atoms with van der Waals surface area (Å²) in [6, 6.07) is 12.4. The van der Waals surface area contributed by atoms with Gasteiger partial charge in [-0.3, -0.25) is 14.5 Å². The summed E-state index contributed by atoms with van der Waals surface area (Å²) < 4.78 is 11.8. The summed E-state index contributed by atoms with van der Waals surface area (Å²) in [6.45, 7) is 17.3. The number of hydrogen-bond donors (Lipinski definition) is 2. The number of carboxylic acid groups (broad SMARTS) is 1. The Morgan fingerprint density at radius 1 is 1.00 bits per heavy atom. The molecule has 0 spiro atoms. The van der Waals surface area contributed by atoms with Gasteiger partial charge in [-0.2, -0.15) is 0 Å². The number of esters is 1. The average molecular weight is 651 g/mol. The van der Waals surface area contributed by atoms with Gasteiger partial charge in [-0.05, 0) is 69.7 Å². The Kier molecular flexibility index (Phi) is 10.6. The van der Waals surface area contributed by atoms with Crippen LogP contribution in [0.5, 0.6) is 5.75 Å². The molecular formula is C36H50N4O7. The van der Waals surface area contributed by atoms with Crippen LogP contribution in [0.1, 0.15) is 95.3 Å². The van der Waals surface area contributed by atoms with E-state index in [9.17, 15) is 24.3 Å². The van der Waals surface area contributed by atoms with Gasteiger partial charge in [0.2, 0.25) is 5.91 Å². The van der Waals surface area contributed by atoms with E-state index in [4.69, 9.17) is 15.2 Å². The molecule has 11 heteroatoms. The van der Waals surface area contributed by atoms with E-state index in [1.165, 1.54) is 4.90 Å². The fourth-order valence-electron chi connectivity index (χ4n) is 6.91. The first-order chi connectivity index (χ1) is 21.9. The van der Waals surface area contributed by atoms with Gasteiger partial charge in [-0.1, -0.05) is 51.1 Å². The second kappa shape index (κ2) is 13.9. The van der Waals surface area contributed by atoms with Crippen molar-refractivity contribution < 1.29 is 33.8 Å². The van der Waals surface area contributed by atoms with Crippen LogP contribution in [-0.2, 0) is 34.0 Å². The molecule has 2 aromatic rings. The SMILES string of the molecule is C[C@@H]1C(C(C)(C)C)N(C(=O)O)C[C@H](C)N1Cc1ccc(COc2cccc3c2CN(C(CCC(N)=O)C(=O)OC(C)(C)C)C3=O)cc1. The van der Waals surface area contributed by atoms with E-state index in [-0.39, 0.29) is 55.4 Å². The van der Waals surface area contributed by atoms with Gasteiger partial charge in [0, 0.05) is 42.7 Å². The van der Waals surface area contributed by atoms with E-state index in [2.05, 4.69) is 51.7 Å². The number of nitrogens with zero attached hydrogens (tertiary/aromatic N) is 3. The molecule has 2 aromatic carbocycles. The maximum absolute atomic E-state index is 13.5. The molecule has 0 radical (unpaired) electrons. The minimum Gasteiger partial charge on any atom is -0.489 e. The zero-order valence-electron chi connectivity index (χ0n) is 28.9. The normalized spacial score (nSPS) is 20.9. The second-order valence-corrected chi connectivity index (χ2v) is 14.9. The van der Waals surface area contributed by atoms with E-state index < -0.39 is 29.6 Å². The van der Waals surface area contributed by atoms with Gasteiger partial charge < -0.3 is 30.1 Å². The van der Waals surface area contributed by atoms with Crippen LogP contribution >= 0.6 is 0 Å². The highest BCUT2D eigenvalue weighted by molar-refractivity contribution is 6.01.